The van der Waals surface area contributed by atoms with Gasteiger partial charge in [0.25, 0.3) is 0 Å². The number of hydrogen-bond donors (Lipinski definition) is 1. The summed E-state index contributed by atoms with van der Waals surface area (Å²) in [6, 6.07) is 0. The van der Waals surface area contributed by atoms with Gasteiger partial charge >= 0.3 is 0 Å². The second kappa shape index (κ2) is 2.96. The minimum absolute atomic E-state index is 0.246. The van der Waals surface area contributed by atoms with Crippen LogP contribution in [0.3, 0.4) is 0 Å². The van der Waals surface area contributed by atoms with E-state index in [1.54, 1.807) is 0 Å². The zero-order valence-electron chi connectivity index (χ0n) is 8.68. The fraction of sp³-hybridized carbons (Fsp3) is 1.00. The van der Waals surface area contributed by atoms with Gasteiger partial charge in [0, 0.05) is 17.4 Å². The minimum Gasteiger partial charge on any atom is -0.396 e. The van der Waals surface area contributed by atoms with Crippen LogP contribution in [-0.2, 0) is 4.74 Å². The van der Waals surface area contributed by atoms with Crippen LogP contribution in [0.15, 0.2) is 0 Å². The number of rotatable bonds is 4. The van der Waals surface area contributed by atoms with Crippen LogP contribution in [-0.4, -0.2) is 24.9 Å². The van der Waals surface area contributed by atoms with Crippen LogP contribution in [0.4, 0.5) is 0 Å². The minimum atomic E-state index is 0.246. The molecule has 0 unspecified atom stereocenters. The van der Waals surface area contributed by atoms with E-state index in [0.717, 1.165) is 13.2 Å². The summed E-state index contributed by atoms with van der Waals surface area (Å²) in [4.78, 5) is 0. The van der Waals surface area contributed by atoms with E-state index in [1.807, 2.05) is 0 Å². The Labute approximate surface area is 80.3 Å². The largest absolute Gasteiger partial charge is 0.396 e. The number of hydrogen-bond acceptors (Lipinski definition) is 2. The quantitative estimate of drug-likeness (QED) is 0.722. The highest BCUT2D eigenvalue weighted by Crippen LogP contribution is 2.63. The maximum Gasteiger partial charge on any atom is 0.0551 e. The van der Waals surface area contributed by atoms with E-state index in [2.05, 4.69) is 13.8 Å². The number of ether oxygens (including phenoxy) is 1. The molecule has 0 aromatic rings. The van der Waals surface area contributed by atoms with Crippen LogP contribution >= 0.6 is 0 Å². The topological polar surface area (TPSA) is 29.5 Å². The van der Waals surface area contributed by atoms with Gasteiger partial charge in [-0.3, -0.25) is 0 Å². The van der Waals surface area contributed by atoms with Crippen molar-refractivity contribution in [3.63, 3.8) is 0 Å². The van der Waals surface area contributed by atoms with Crippen molar-refractivity contribution in [2.45, 2.75) is 33.1 Å². The van der Waals surface area contributed by atoms with Crippen molar-refractivity contribution in [2.24, 2.45) is 16.7 Å². The zero-order valence-corrected chi connectivity index (χ0v) is 8.68. The SMILES string of the molecule is CC(C)CC1(C2(CO)CC2)COC1. The van der Waals surface area contributed by atoms with Crippen LogP contribution < -0.4 is 0 Å². The van der Waals surface area contributed by atoms with Gasteiger partial charge in [-0.05, 0) is 25.2 Å². The first-order valence-electron chi connectivity index (χ1n) is 5.33. The summed E-state index contributed by atoms with van der Waals surface area (Å²) in [6.07, 6.45) is 3.63. The molecule has 2 rings (SSSR count). The monoisotopic (exact) mass is 184 g/mol. The molecule has 1 aliphatic heterocycles. The lowest BCUT2D eigenvalue weighted by molar-refractivity contribution is -0.173. The molecule has 0 amide bonds. The molecule has 1 N–H and O–H groups in total. The molecule has 0 radical (unpaired) electrons. The van der Waals surface area contributed by atoms with Crippen molar-refractivity contribution < 1.29 is 9.84 Å². The predicted octanol–water partition coefficient (Wildman–Crippen LogP) is 1.82. The van der Waals surface area contributed by atoms with Crippen molar-refractivity contribution in [1.82, 2.24) is 0 Å². The van der Waals surface area contributed by atoms with Gasteiger partial charge in [-0.1, -0.05) is 13.8 Å². The van der Waals surface area contributed by atoms with Crippen molar-refractivity contribution in [3.8, 4) is 0 Å². The van der Waals surface area contributed by atoms with Gasteiger partial charge in [0.15, 0.2) is 0 Å². The summed E-state index contributed by atoms with van der Waals surface area (Å²) in [5.41, 5.74) is 0.575. The maximum atomic E-state index is 9.41. The summed E-state index contributed by atoms with van der Waals surface area (Å²) in [5.74, 6) is 0.716. The smallest absolute Gasteiger partial charge is 0.0551 e. The molecule has 2 heteroatoms. The lowest BCUT2D eigenvalue weighted by Gasteiger charge is -2.48. The van der Waals surface area contributed by atoms with E-state index in [9.17, 15) is 5.11 Å². The van der Waals surface area contributed by atoms with Crippen molar-refractivity contribution in [1.29, 1.82) is 0 Å². The van der Waals surface area contributed by atoms with Gasteiger partial charge in [0.2, 0.25) is 0 Å². The van der Waals surface area contributed by atoms with Gasteiger partial charge in [0.05, 0.1) is 13.2 Å². The Hall–Kier alpha value is -0.0800. The Morgan fingerprint density at radius 1 is 1.23 bits per heavy atom. The fourth-order valence-corrected chi connectivity index (χ4v) is 2.78. The molecule has 13 heavy (non-hydrogen) atoms. The van der Waals surface area contributed by atoms with Gasteiger partial charge in [-0.25, -0.2) is 0 Å². The Morgan fingerprint density at radius 3 is 2.08 bits per heavy atom. The van der Waals surface area contributed by atoms with Crippen molar-refractivity contribution in [2.75, 3.05) is 19.8 Å². The van der Waals surface area contributed by atoms with Gasteiger partial charge in [-0.2, -0.15) is 0 Å². The fourth-order valence-electron chi connectivity index (χ4n) is 2.78. The van der Waals surface area contributed by atoms with E-state index in [-0.39, 0.29) is 5.41 Å². The first-order valence-corrected chi connectivity index (χ1v) is 5.33. The normalized spacial score (nSPS) is 28.6. The van der Waals surface area contributed by atoms with Gasteiger partial charge in [-0.15, -0.1) is 0 Å². The third kappa shape index (κ3) is 1.31. The highest BCUT2D eigenvalue weighted by molar-refractivity contribution is 5.10. The predicted molar refractivity (Wildman–Crippen MR) is 51.5 cm³/mol. The van der Waals surface area contributed by atoms with Crippen molar-refractivity contribution >= 4 is 0 Å². The summed E-state index contributed by atoms with van der Waals surface area (Å²) < 4.78 is 5.36. The molecule has 1 heterocycles. The van der Waals surface area contributed by atoms with Crippen LogP contribution in [0.2, 0.25) is 0 Å². The molecule has 2 nitrogen and oxygen atoms in total. The molecule has 0 atom stereocenters. The van der Waals surface area contributed by atoms with Gasteiger partial charge < -0.3 is 9.84 Å². The molecule has 0 bridgehead atoms. The van der Waals surface area contributed by atoms with E-state index < -0.39 is 0 Å². The Balaban J connectivity index is 2.06. The molecule has 0 aromatic heterocycles. The third-order valence-electron chi connectivity index (χ3n) is 3.84. The Bertz CT molecular complexity index is 190. The second-order valence-corrected chi connectivity index (χ2v) is 5.31. The molecule has 1 saturated heterocycles. The highest BCUT2D eigenvalue weighted by atomic mass is 16.5. The lowest BCUT2D eigenvalue weighted by Crippen LogP contribution is -2.51. The van der Waals surface area contributed by atoms with Gasteiger partial charge in [0.1, 0.15) is 0 Å². The molecular weight excluding hydrogens is 164 g/mol. The molecule has 0 aromatic carbocycles. The summed E-state index contributed by atoms with van der Waals surface area (Å²) >= 11 is 0. The first-order chi connectivity index (χ1) is 6.14. The molecule has 2 fully saturated rings. The van der Waals surface area contributed by atoms with E-state index in [4.69, 9.17) is 4.74 Å². The third-order valence-corrected chi connectivity index (χ3v) is 3.84. The number of aliphatic hydroxyl groups excluding tert-OH is 1. The summed E-state index contributed by atoms with van der Waals surface area (Å²) in [7, 11) is 0. The summed E-state index contributed by atoms with van der Waals surface area (Å²) in [6.45, 7) is 6.64. The first kappa shape index (κ1) is 9.47. The summed E-state index contributed by atoms with van der Waals surface area (Å²) in [5, 5.41) is 9.41. The molecule has 1 aliphatic carbocycles. The van der Waals surface area contributed by atoms with E-state index in [0.29, 0.717) is 17.9 Å². The second-order valence-electron chi connectivity index (χ2n) is 5.31. The Kier molecular flexibility index (Phi) is 2.16. The Morgan fingerprint density at radius 2 is 1.85 bits per heavy atom. The molecular formula is C11H20O2. The zero-order chi connectivity index (χ0) is 9.53. The van der Waals surface area contributed by atoms with E-state index in [1.165, 1.54) is 19.3 Å². The molecule has 0 spiro atoms. The number of aliphatic hydroxyl groups is 1. The van der Waals surface area contributed by atoms with Crippen LogP contribution in [0.25, 0.3) is 0 Å². The van der Waals surface area contributed by atoms with Crippen molar-refractivity contribution in [3.05, 3.63) is 0 Å². The standard InChI is InChI=1S/C11H20O2/c1-9(2)5-11(7-13-8-11)10(6-12)3-4-10/h9,12H,3-8H2,1-2H3. The average Bonchev–Trinajstić information content (AvgIpc) is 2.77. The highest BCUT2D eigenvalue weighted by Gasteiger charge is 2.62. The average molecular weight is 184 g/mol. The molecule has 1 saturated carbocycles. The maximum absolute atomic E-state index is 9.41. The molecule has 76 valence electrons. The van der Waals surface area contributed by atoms with Crippen LogP contribution in [0, 0.1) is 16.7 Å². The lowest BCUT2D eigenvalue weighted by atomic mass is 9.66. The molecule has 2 aliphatic rings. The van der Waals surface area contributed by atoms with Crippen LogP contribution in [0.1, 0.15) is 33.1 Å². The van der Waals surface area contributed by atoms with E-state index >= 15 is 0 Å². The van der Waals surface area contributed by atoms with Crippen LogP contribution in [0.5, 0.6) is 0 Å².